The standard InChI is InChI=1S/C9H22N2O2/c1-10(2)4-5-11(3)6-9(7-12)8-13/h9,12-13H,4-8H2,1-3H3. The van der Waals surface area contributed by atoms with Gasteiger partial charge in [0.15, 0.2) is 0 Å². The highest BCUT2D eigenvalue weighted by Crippen LogP contribution is 1.96. The van der Waals surface area contributed by atoms with E-state index >= 15 is 0 Å². The number of likely N-dealkylation sites (N-methyl/N-ethyl adjacent to an activating group) is 2. The molecule has 0 saturated carbocycles. The van der Waals surface area contributed by atoms with Crippen LogP contribution in [0.2, 0.25) is 0 Å². The van der Waals surface area contributed by atoms with E-state index in [4.69, 9.17) is 10.2 Å². The molecule has 0 rings (SSSR count). The summed E-state index contributed by atoms with van der Waals surface area (Å²) in [6.45, 7) is 2.83. The van der Waals surface area contributed by atoms with Crippen LogP contribution in [0, 0.1) is 5.92 Å². The van der Waals surface area contributed by atoms with Crippen LogP contribution in [0.5, 0.6) is 0 Å². The summed E-state index contributed by atoms with van der Waals surface area (Å²) in [7, 11) is 6.06. The van der Waals surface area contributed by atoms with E-state index in [0.29, 0.717) is 0 Å². The molecule has 0 atom stereocenters. The first-order valence-corrected chi connectivity index (χ1v) is 4.65. The van der Waals surface area contributed by atoms with Gasteiger partial charge in [-0.3, -0.25) is 0 Å². The molecule has 0 bridgehead atoms. The van der Waals surface area contributed by atoms with Gasteiger partial charge in [0.1, 0.15) is 0 Å². The molecule has 0 aromatic carbocycles. The first-order chi connectivity index (χ1) is 6.10. The molecule has 80 valence electrons. The number of aliphatic hydroxyl groups is 2. The third-order valence-corrected chi connectivity index (χ3v) is 2.02. The summed E-state index contributed by atoms with van der Waals surface area (Å²) >= 11 is 0. The Labute approximate surface area is 80.8 Å². The fourth-order valence-electron chi connectivity index (χ4n) is 1.08. The molecule has 0 spiro atoms. The second-order valence-electron chi connectivity index (χ2n) is 3.80. The molecule has 13 heavy (non-hydrogen) atoms. The van der Waals surface area contributed by atoms with Gasteiger partial charge in [0.25, 0.3) is 0 Å². The minimum absolute atomic E-state index is 0.00726. The van der Waals surface area contributed by atoms with Crippen molar-refractivity contribution in [1.29, 1.82) is 0 Å². The predicted octanol–water partition coefficient (Wildman–Crippen LogP) is -0.919. The van der Waals surface area contributed by atoms with E-state index in [1.807, 2.05) is 21.1 Å². The lowest BCUT2D eigenvalue weighted by atomic mass is 10.1. The molecule has 4 nitrogen and oxygen atoms in total. The Kier molecular flexibility index (Phi) is 7.17. The summed E-state index contributed by atoms with van der Waals surface area (Å²) in [4.78, 5) is 4.24. The van der Waals surface area contributed by atoms with E-state index in [0.717, 1.165) is 19.6 Å². The second kappa shape index (κ2) is 7.26. The number of hydrogen-bond donors (Lipinski definition) is 2. The molecule has 2 N–H and O–H groups in total. The van der Waals surface area contributed by atoms with Gasteiger partial charge in [0.05, 0.1) is 0 Å². The van der Waals surface area contributed by atoms with E-state index in [1.54, 1.807) is 0 Å². The Morgan fingerprint density at radius 3 is 1.92 bits per heavy atom. The van der Waals surface area contributed by atoms with Crippen molar-refractivity contribution in [2.45, 2.75) is 0 Å². The van der Waals surface area contributed by atoms with Crippen LogP contribution < -0.4 is 0 Å². The largest absolute Gasteiger partial charge is 0.396 e. The second-order valence-corrected chi connectivity index (χ2v) is 3.80. The van der Waals surface area contributed by atoms with Gasteiger partial charge in [0, 0.05) is 38.8 Å². The molecule has 0 aromatic heterocycles. The van der Waals surface area contributed by atoms with E-state index in [-0.39, 0.29) is 19.1 Å². The van der Waals surface area contributed by atoms with Gasteiger partial charge >= 0.3 is 0 Å². The van der Waals surface area contributed by atoms with Crippen LogP contribution >= 0.6 is 0 Å². The Balaban J connectivity index is 3.53. The zero-order chi connectivity index (χ0) is 10.3. The molecule has 0 heterocycles. The SMILES string of the molecule is CN(C)CCN(C)CC(CO)CO. The molecule has 0 aliphatic rings. The molecule has 0 amide bonds. The molecular weight excluding hydrogens is 168 g/mol. The maximum Gasteiger partial charge on any atom is 0.0493 e. The minimum Gasteiger partial charge on any atom is -0.396 e. The fourth-order valence-corrected chi connectivity index (χ4v) is 1.08. The molecule has 0 saturated heterocycles. The van der Waals surface area contributed by atoms with E-state index in [2.05, 4.69) is 9.80 Å². The van der Waals surface area contributed by atoms with E-state index < -0.39 is 0 Å². The lowest BCUT2D eigenvalue weighted by Crippen LogP contribution is -2.34. The smallest absolute Gasteiger partial charge is 0.0493 e. The van der Waals surface area contributed by atoms with Crippen molar-refractivity contribution in [1.82, 2.24) is 9.80 Å². The van der Waals surface area contributed by atoms with Crippen molar-refractivity contribution in [3.05, 3.63) is 0 Å². The van der Waals surface area contributed by atoms with Crippen LogP contribution in [0.1, 0.15) is 0 Å². The molecule has 0 aliphatic carbocycles. The fraction of sp³-hybridized carbons (Fsp3) is 1.00. The van der Waals surface area contributed by atoms with Crippen molar-refractivity contribution < 1.29 is 10.2 Å². The van der Waals surface area contributed by atoms with Crippen molar-refractivity contribution >= 4 is 0 Å². The summed E-state index contributed by atoms with van der Waals surface area (Å²) in [6.07, 6.45) is 0. The molecule has 0 radical (unpaired) electrons. The van der Waals surface area contributed by atoms with Crippen molar-refractivity contribution in [2.24, 2.45) is 5.92 Å². The summed E-state index contributed by atoms with van der Waals surface area (Å²) in [6, 6.07) is 0. The first-order valence-electron chi connectivity index (χ1n) is 4.65. The van der Waals surface area contributed by atoms with E-state index in [9.17, 15) is 0 Å². The van der Waals surface area contributed by atoms with Crippen LogP contribution in [0.3, 0.4) is 0 Å². The number of aliphatic hydroxyl groups excluding tert-OH is 2. The third-order valence-electron chi connectivity index (χ3n) is 2.02. The highest BCUT2D eigenvalue weighted by Gasteiger charge is 2.08. The van der Waals surface area contributed by atoms with Gasteiger partial charge in [-0.05, 0) is 21.1 Å². The van der Waals surface area contributed by atoms with Gasteiger partial charge in [-0.15, -0.1) is 0 Å². The van der Waals surface area contributed by atoms with Gasteiger partial charge in [-0.1, -0.05) is 0 Å². The van der Waals surface area contributed by atoms with Crippen LogP contribution in [0.15, 0.2) is 0 Å². The molecule has 0 aromatic rings. The summed E-state index contributed by atoms with van der Waals surface area (Å²) in [5.74, 6) is -0.00726. The summed E-state index contributed by atoms with van der Waals surface area (Å²) in [5, 5.41) is 17.7. The van der Waals surface area contributed by atoms with Gasteiger partial charge < -0.3 is 20.0 Å². The highest BCUT2D eigenvalue weighted by molar-refractivity contribution is 4.62. The monoisotopic (exact) mass is 190 g/mol. The van der Waals surface area contributed by atoms with Crippen molar-refractivity contribution in [3.63, 3.8) is 0 Å². The Morgan fingerprint density at radius 2 is 1.54 bits per heavy atom. The zero-order valence-corrected chi connectivity index (χ0v) is 8.90. The lowest BCUT2D eigenvalue weighted by Gasteiger charge is -2.22. The Morgan fingerprint density at radius 1 is 1.00 bits per heavy atom. The lowest BCUT2D eigenvalue weighted by molar-refractivity contribution is 0.116. The first kappa shape index (κ1) is 12.8. The van der Waals surface area contributed by atoms with Gasteiger partial charge in [-0.2, -0.15) is 0 Å². The van der Waals surface area contributed by atoms with E-state index in [1.165, 1.54) is 0 Å². The number of hydrogen-bond acceptors (Lipinski definition) is 4. The maximum atomic E-state index is 8.86. The van der Waals surface area contributed by atoms with Crippen molar-refractivity contribution in [2.75, 3.05) is 54.0 Å². The molecular formula is C9H22N2O2. The maximum absolute atomic E-state index is 8.86. The Hall–Kier alpha value is -0.160. The number of rotatable bonds is 7. The van der Waals surface area contributed by atoms with Crippen LogP contribution in [0.25, 0.3) is 0 Å². The van der Waals surface area contributed by atoms with Crippen molar-refractivity contribution in [3.8, 4) is 0 Å². The molecule has 0 fully saturated rings. The quantitative estimate of drug-likeness (QED) is 0.545. The van der Waals surface area contributed by atoms with Crippen LogP contribution in [-0.4, -0.2) is 74.0 Å². The summed E-state index contributed by atoms with van der Waals surface area (Å²) < 4.78 is 0. The van der Waals surface area contributed by atoms with Gasteiger partial charge in [0.2, 0.25) is 0 Å². The molecule has 4 heteroatoms. The van der Waals surface area contributed by atoms with Crippen LogP contribution in [-0.2, 0) is 0 Å². The third kappa shape index (κ3) is 6.95. The Bertz CT molecular complexity index is 116. The summed E-state index contributed by atoms with van der Waals surface area (Å²) in [5.41, 5.74) is 0. The number of nitrogens with zero attached hydrogens (tertiary/aromatic N) is 2. The topological polar surface area (TPSA) is 46.9 Å². The average Bonchev–Trinajstić information content (AvgIpc) is 2.10. The normalized spacial score (nSPS) is 12.0. The minimum atomic E-state index is -0.00726. The average molecular weight is 190 g/mol. The highest BCUT2D eigenvalue weighted by atomic mass is 16.3. The molecule has 0 unspecified atom stereocenters. The van der Waals surface area contributed by atoms with Crippen LogP contribution in [0.4, 0.5) is 0 Å². The van der Waals surface area contributed by atoms with Gasteiger partial charge in [-0.25, -0.2) is 0 Å². The zero-order valence-electron chi connectivity index (χ0n) is 8.90. The molecule has 0 aliphatic heterocycles. The predicted molar refractivity (Wildman–Crippen MR) is 53.7 cm³/mol.